The van der Waals surface area contributed by atoms with E-state index in [9.17, 15) is 9.79 Å². The van der Waals surface area contributed by atoms with Crippen LogP contribution in [0.2, 0.25) is 0 Å². The molecule has 0 aliphatic heterocycles. The van der Waals surface area contributed by atoms with Gasteiger partial charge >= 0.3 is 560 Å². The van der Waals surface area contributed by atoms with Crippen LogP contribution in [0.4, 0.5) is 0 Å². The molecule has 0 rings (SSSR count). The van der Waals surface area contributed by atoms with Gasteiger partial charge < -0.3 is 0 Å². The second-order valence-corrected chi connectivity index (χ2v) is 36.4. The van der Waals surface area contributed by atoms with Crippen molar-refractivity contribution in [2.24, 2.45) is 0 Å². The van der Waals surface area contributed by atoms with Gasteiger partial charge in [-0.15, -0.1) is 0 Å². The van der Waals surface area contributed by atoms with Crippen molar-refractivity contribution in [2.75, 3.05) is 51.1 Å². The summed E-state index contributed by atoms with van der Waals surface area (Å²) in [6.45, 7) is 21.0. The monoisotopic (exact) mass is 1290 g/mol. The fourth-order valence-electron chi connectivity index (χ4n) is 13.1. The van der Waals surface area contributed by atoms with E-state index >= 15 is 0 Å². The van der Waals surface area contributed by atoms with Gasteiger partial charge in [-0.05, 0) is 0 Å². The van der Waals surface area contributed by atoms with Crippen molar-refractivity contribution < 1.29 is 27.9 Å². The molecule has 0 aromatic rings. The van der Waals surface area contributed by atoms with Gasteiger partial charge in [0.1, 0.15) is 0 Å². The molecule has 0 unspecified atom stereocenters. The molecule has 0 aromatic heterocycles. The summed E-state index contributed by atoms with van der Waals surface area (Å²) in [5.74, 6) is 0. The van der Waals surface area contributed by atoms with Gasteiger partial charge in [-0.1, -0.05) is 0 Å². The molecule has 88 heavy (non-hydrogen) atoms. The Hall–Kier alpha value is 0.620. The van der Waals surface area contributed by atoms with Crippen molar-refractivity contribution in [2.45, 2.75) is 466 Å². The van der Waals surface area contributed by atoms with Gasteiger partial charge in [-0.25, -0.2) is 0 Å². The van der Waals surface area contributed by atoms with Crippen LogP contribution >= 0.6 is 14.6 Å². The van der Waals surface area contributed by atoms with Gasteiger partial charge in [0.05, 0.1) is 0 Å². The first-order chi connectivity index (χ1) is 43.1. The third-order valence-electron chi connectivity index (χ3n) is 19.3. The van der Waals surface area contributed by atoms with Crippen LogP contribution in [0, 0.1) is 0 Å². The van der Waals surface area contributed by atoms with Gasteiger partial charge in [0.25, 0.3) is 0 Å². The molecule has 0 fully saturated rings. The summed E-state index contributed by atoms with van der Waals surface area (Å²) in [5, 5.41) is 0. The number of hydrogen-bond donors (Lipinski definition) is 2. The van der Waals surface area contributed by atoms with Crippen molar-refractivity contribution in [3.05, 3.63) is 0 Å². The molecule has 0 amide bonds. The van der Waals surface area contributed by atoms with Crippen LogP contribution in [0.15, 0.2) is 0 Å². The van der Waals surface area contributed by atoms with Crippen molar-refractivity contribution in [3.63, 3.8) is 0 Å². The molecule has 0 atom stereocenters. The Kier molecular flexibility index (Phi) is 72.6. The van der Waals surface area contributed by atoms with Crippen molar-refractivity contribution in [1.29, 1.82) is 0 Å². The summed E-state index contributed by atoms with van der Waals surface area (Å²) in [6.07, 6.45) is 85.6. The molecule has 536 valence electrons. The third-order valence-corrected chi connectivity index (χ3v) is 27.2. The van der Waals surface area contributed by atoms with Crippen molar-refractivity contribution >= 4 is 14.6 Å². The van der Waals surface area contributed by atoms with Crippen LogP contribution in [0.3, 0.4) is 0 Å². The van der Waals surface area contributed by atoms with E-state index in [0.717, 1.165) is 76.0 Å². The zero-order valence-electron chi connectivity index (χ0n) is 62.3. The zero-order chi connectivity index (χ0) is 64.6. The van der Waals surface area contributed by atoms with Crippen molar-refractivity contribution in [3.8, 4) is 0 Å². The van der Waals surface area contributed by atoms with Crippen LogP contribution in [0.25, 0.3) is 0 Å². The quantitative estimate of drug-likeness (QED) is 0.0467. The Morgan fingerprint density at radius 1 is 0.148 bits per heavy atom. The topological polar surface area (TPSA) is 77.4 Å². The first kappa shape index (κ1) is 90.7. The molecule has 0 bridgehead atoms. The van der Waals surface area contributed by atoms with Gasteiger partial charge in [0.2, 0.25) is 0 Å². The molecule has 2 N–H and O–H groups in total. The molecule has 0 saturated heterocycles. The minimum atomic E-state index is -3.63. The van der Waals surface area contributed by atoms with E-state index in [1.807, 2.05) is 0 Å². The van der Waals surface area contributed by atoms with E-state index in [1.54, 1.807) is 0 Å². The van der Waals surface area contributed by atoms with Gasteiger partial charge in [-0.3, -0.25) is 0 Å². The molecule has 0 radical (unpaired) electrons. The maximum absolute atomic E-state index is 12.6. The molecule has 0 spiro atoms. The van der Waals surface area contributed by atoms with Crippen LogP contribution in [0.5, 0.6) is 0 Å². The van der Waals surface area contributed by atoms with Crippen molar-refractivity contribution in [1.82, 2.24) is 0 Å². The summed E-state index contributed by atoms with van der Waals surface area (Å²) < 4.78 is 26.8. The van der Waals surface area contributed by atoms with E-state index in [1.165, 1.54) is 360 Å². The first-order valence-electron chi connectivity index (χ1n) is 41.2. The Balaban J connectivity index is 0. The molecular weight excluding hydrogens is 1120 g/mol. The normalized spacial score (nSPS) is 13.0. The number of hydrogen-bond acceptors (Lipinski definition) is 6. The molecule has 6 nitrogen and oxygen atoms in total. The van der Waals surface area contributed by atoms with E-state index in [4.69, 9.17) is 18.1 Å². The Morgan fingerprint density at radius 2 is 0.250 bits per heavy atom. The van der Waals surface area contributed by atoms with Gasteiger partial charge in [0.15, 0.2) is 0 Å². The van der Waals surface area contributed by atoms with Crippen LogP contribution in [-0.2, 0) is 18.1 Å². The Morgan fingerprint density at radius 3 is 0.375 bits per heavy atom. The van der Waals surface area contributed by atoms with Gasteiger partial charge in [-0.2, -0.15) is 0 Å². The van der Waals surface area contributed by atoms with E-state index in [0.29, 0.717) is 26.4 Å². The van der Waals surface area contributed by atoms with E-state index in [2.05, 4.69) is 55.4 Å². The van der Waals surface area contributed by atoms with E-state index in [-0.39, 0.29) is 0 Å². The van der Waals surface area contributed by atoms with E-state index < -0.39 is 14.6 Å². The third kappa shape index (κ3) is 62.7. The zero-order valence-corrected chi connectivity index (χ0v) is 64.1. The number of unbranched alkanes of at least 4 members (excludes halogenated alkanes) is 56. The predicted octanol–water partition coefficient (Wildman–Crippen LogP) is 29.7. The Labute approximate surface area is 556 Å². The molecule has 8 heteroatoms. The van der Waals surface area contributed by atoms with Crippen LogP contribution in [-0.4, -0.2) is 60.9 Å². The summed E-state index contributed by atoms with van der Waals surface area (Å²) in [4.78, 5) is 25.2. The fourth-order valence-corrected chi connectivity index (χ4v) is 20.3. The molecule has 0 aliphatic carbocycles. The minimum absolute atomic E-state index is 0.673. The SMILES string of the molecule is CCCCCCCCCCCCP(O)(CCCCCCCCCCCC)(OCCCCCCCC)OCCCCCCCC.CCCCCCCCCCCCP(O)(CCCCCCCCCCCC)(OCCCCCCCC)OCCCCCCCC. The number of rotatable bonds is 76. The molecule has 0 heterocycles. The van der Waals surface area contributed by atoms with Crippen LogP contribution in [0.1, 0.15) is 466 Å². The summed E-state index contributed by atoms with van der Waals surface area (Å²) in [5.41, 5.74) is 0. The summed E-state index contributed by atoms with van der Waals surface area (Å²) in [7, 11) is -7.26. The fraction of sp³-hybridized carbons (Fsp3) is 1.00. The average molecular weight is 1290 g/mol. The second kappa shape index (κ2) is 70.4. The second-order valence-electron chi connectivity index (χ2n) is 28.5. The van der Waals surface area contributed by atoms with Crippen LogP contribution < -0.4 is 0 Å². The summed E-state index contributed by atoms with van der Waals surface area (Å²) >= 11 is 0. The van der Waals surface area contributed by atoms with Gasteiger partial charge in [0, 0.05) is 0 Å². The standard InChI is InChI=1S/2C40H85O3P/c2*1-5-9-13-17-21-23-25-27-31-35-39-44(41,42-37-33-29-19-15-11-7-3,43-38-34-30-20-16-12-8-4)40-36-32-28-26-24-22-18-14-10-6-2/h2*41H,5-40H2,1-4H3. The molecular formula is C80H170O6P2. The summed E-state index contributed by atoms with van der Waals surface area (Å²) in [6, 6.07) is 0. The first-order valence-corrected chi connectivity index (χ1v) is 46.0. The molecule has 0 saturated carbocycles. The molecule has 0 aliphatic rings. The predicted molar refractivity (Wildman–Crippen MR) is 402 cm³/mol. The maximum atomic E-state index is 12.6. The molecule has 0 aromatic carbocycles. The average Bonchev–Trinajstić information content (AvgIpc) is 1.33. The Bertz CT molecular complexity index is 1110.